The first kappa shape index (κ1) is 15.5. The number of phenolic OH excluding ortho intramolecular Hbond substituents is 1. The number of aromatic hydroxyl groups is 1. The van der Waals surface area contributed by atoms with E-state index in [1.807, 2.05) is 35.7 Å². The summed E-state index contributed by atoms with van der Waals surface area (Å²) in [4.78, 5) is 17.6. The smallest absolute Gasteiger partial charge is 0.284 e. The normalized spacial score (nSPS) is 16.7. The number of hydrogen-bond donors (Lipinski definition) is 1. The predicted octanol–water partition coefficient (Wildman–Crippen LogP) is 3.84. The number of para-hydroxylation sites is 1. The van der Waals surface area contributed by atoms with E-state index in [1.165, 1.54) is 16.3 Å². The monoisotopic (exact) mass is 349 g/mol. The molecule has 1 amide bonds. The van der Waals surface area contributed by atoms with Crippen LogP contribution in [0.5, 0.6) is 5.75 Å². The van der Waals surface area contributed by atoms with Crippen LogP contribution < -0.4 is 0 Å². The summed E-state index contributed by atoms with van der Waals surface area (Å²) in [7, 11) is 0. The molecule has 0 fully saturated rings. The lowest BCUT2D eigenvalue weighted by Gasteiger charge is -2.21. The molecule has 1 aromatic carbocycles. The lowest BCUT2D eigenvalue weighted by Crippen LogP contribution is -2.26. The highest BCUT2D eigenvalue weighted by Gasteiger charge is 2.34. The van der Waals surface area contributed by atoms with Crippen molar-refractivity contribution < 1.29 is 9.90 Å². The van der Waals surface area contributed by atoms with Gasteiger partial charge in [0, 0.05) is 24.4 Å². The first-order valence-electron chi connectivity index (χ1n) is 7.87. The Balaban J connectivity index is 1.75. The number of amides is 1. The first-order chi connectivity index (χ1) is 12.2. The molecule has 0 saturated heterocycles. The number of hydrogen-bond acceptors (Lipinski definition) is 5. The van der Waals surface area contributed by atoms with Crippen LogP contribution in [0.4, 0.5) is 0 Å². The number of benzene rings is 1. The number of thiophene rings is 1. The molecule has 0 saturated carbocycles. The van der Waals surface area contributed by atoms with Crippen LogP contribution in [0.3, 0.4) is 0 Å². The van der Waals surface area contributed by atoms with Gasteiger partial charge in [-0.15, -0.1) is 11.3 Å². The van der Waals surface area contributed by atoms with Gasteiger partial charge in [0.2, 0.25) is 0 Å². The van der Waals surface area contributed by atoms with Crippen molar-refractivity contribution in [1.29, 1.82) is 0 Å². The van der Waals surface area contributed by atoms with Gasteiger partial charge >= 0.3 is 0 Å². The molecule has 3 heterocycles. The predicted molar refractivity (Wildman–Crippen MR) is 96.7 cm³/mol. The summed E-state index contributed by atoms with van der Waals surface area (Å²) < 4.78 is 0. The third kappa shape index (κ3) is 2.92. The van der Waals surface area contributed by atoms with Gasteiger partial charge in [-0.2, -0.15) is 5.10 Å². The standard InChI is InChI=1S/C19H15N3O2S/c23-17-5-2-1-4-14(17)15-12-16(13-7-9-20-10-8-13)22(21-15)19(24)18-6-3-11-25-18/h1-11,16,23H,12H2/t16-/m0/s1. The Morgan fingerprint density at radius 3 is 2.64 bits per heavy atom. The number of phenols is 1. The third-order valence-electron chi connectivity index (χ3n) is 4.16. The van der Waals surface area contributed by atoms with Gasteiger partial charge in [0.15, 0.2) is 0 Å². The molecule has 1 atom stereocenters. The molecule has 1 N–H and O–H groups in total. The van der Waals surface area contributed by atoms with Crippen LogP contribution in [0.25, 0.3) is 0 Å². The van der Waals surface area contributed by atoms with Gasteiger partial charge in [-0.25, -0.2) is 5.01 Å². The maximum Gasteiger partial charge on any atom is 0.284 e. The maximum atomic E-state index is 12.9. The molecule has 1 aliphatic heterocycles. The Labute approximate surface area is 148 Å². The molecule has 0 spiro atoms. The number of aromatic nitrogens is 1. The summed E-state index contributed by atoms with van der Waals surface area (Å²) in [5.41, 5.74) is 2.32. The molecule has 0 unspecified atom stereocenters. The van der Waals surface area contributed by atoms with Crippen LogP contribution in [0.1, 0.15) is 33.3 Å². The molecule has 0 bridgehead atoms. The van der Waals surface area contributed by atoms with Crippen molar-refractivity contribution in [2.75, 3.05) is 0 Å². The summed E-state index contributed by atoms with van der Waals surface area (Å²) in [6.45, 7) is 0. The Bertz CT molecular complexity index is 923. The van der Waals surface area contributed by atoms with E-state index in [-0.39, 0.29) is 17.7 Å². The number of pyridine rings is 1. The number of hydrazone groups is 1. The lowest BCUT2D eigenvalue weighted by molar-refractivity contribution is 0.0716. The van der Waals surface area contributed by atoms with E-state index in [0.717, 1.165) is 5.56 Å². The summed E-state index contributed by atoms with van der Waals surface area (Å²) >= 11 is 1.39. The Hall–Kier alpha value is -2.99. The van der Waals surface area contributed by atoms with Crippen LogP contribution in [-0.4, -0.2) is 26.7 Å². The minimum absolute atomic E-state index is 0.137. The van der Waals surface area contributed by atoms with Crippen molar-refractivity contribution in [2.45, 2.75) is 12.5 Å². The summed E-state index contributed by atoms with van der Waals surface area (Å²) in [5, 5.41) is 18.1. The van der Waals surface area contributed by atoms with E-state index < -0.39 is 0 Å². The average Bonchev–Trinajstić information content (AvgIpc) is 3.32. The molecule has 0 radical (unpaired) electrons. The molecule has 1 aliphatic rings. The van der Waals surface area contributed by atoms with Crippen LogP contribution in [0.15, 0.2) is 71.4 Å². The van der Waals surface area contributed by atoms with Gasteiger partial charge in [-0.05, 0) is 41.3 Å². The van der Waals surface area contributed by atoms with Gasteiger partial charge < -0.3 is 5.11 Å². The highest BCUT2D eigenvalue weighted by atomic mass is 32.1. The van der Waals surface area contributed by atoms with Crippen LogP contribution in [-0.2, 0) is 0 Å². The second-order valence-corrected chi connectivity index (χ2v) is 6.64. The number of rotatable bonds is 3. The summed E-state index contributed by atoms with van der Waals surface area (Å²) in [6, 6.07) is 14.3. The number of nitrogens with zero attached hydrogens (tertiary/aromatic N) is 3. The zero-order chi connectivity index (χ0) is 17.2. The van der Waals surface area contributed by atoms with Crippen LogP contribution in [0.2, 0.25) is 0 Å². The molecule has 4 rings (SSSR count). The molecule has 6 heteroatoms. The van der Waals surface area contributed by atoms with Gasteiger partial charge in [0.1, 0.15) is 5.75 Å². The molecular weight excluding hydrogens is 334 g/mol. The van der Waals surface area contributed by atoms with Crippen molar-refractivity contribution >= 4 is 23.0 Å². The van der Waals surface area contributed by atoms with E-state index >= 15 is 0 Å². The van der Waals surface area contributed by atoms with E-state index in [4.69, 9.17) is 0 Å². The van der Waals surface area contributed by atoms with Crippen LogP contribution >= 0.6 is 11.3 Å². The molecule has 25 heavy (non-hydrogen) atoms. The molecule has 3 aromatic rings. The summed E-state index contributed by atoms with van der Waals surface area (Å²) in [5.74, 6) is 0.0300. The topological polar surface area (TPSA) is 65.8 Å². The van der Waals surface area contributed by atoms with Crippen molar-refractivity contribution in [2.24, 2.45) is 5.10 Å². The number of carbonyl (C=O) groups excluding carboxylic acids is 1. The van der Waals surface area contributed by atoms with E-state index in [9.17, 15) is 9.90 Å². The Morgan fingerprint density at radius 1 is 1.12 bits per heavy atom. The number of carbonyl (C=O) groups is 1. The largest absolute Gasteiger partial charge is 0.507 e. The Morgan fingerprint density at radius 2 is 1.92 bits per heavy atom. The maximum absolute atomic E-state index is 12.9. The highest BCUT2D eigenvalue weighted by Crippen LogP contribution is 2.35. The van der Waals surface area contributed by atoms with Crippen molar-refractivity contribution in [3.05, 3.63) is 82.3 Å². The quantitative estimate of drug-likeness (QED) is 0.781. The summed E-state index contributed by atoms with van der Waals surface area (Å²) in [6.07, 6.45) is 3.96. The molecule has 5 nitrogen and oxygen atoms in total. The van der Waals surface area contributed by atoms with Crippen molar-refractivity contribution in [3.63, 3.8) is 0 Å². The first-order valence-corrected chi connectivity index (χ1v) is 8.75. The fraction of sp³-hybridized carbons (Fsp3) is 0.105. The fourth-order valence-electron chi connectivity index (χ4n) is 2.94. The second-order valence-electron chi connectivity index (χ2n) is 5.69. The Kier molecular flexibility index (Phi) is 4.03. The van der Waals surface area contributed by atoms with Gasteiger partial charge in [-0.3, -0.25) is 9.78 Å². The SMILES string of the molecule is O=C(c1cccs1)N1N=C(c2ccccc2O)C[C@H]1c1ccncc1. The molecule has 124 valence electrons. The fourth-order valence-corrected chi connectivity index (χ4v) is 3.59. The van der Waals surface area contributed by atoms with E-state index in [1.54, 1.807) is 30.6 Å². The lowest BCUT2D eigenvalue weighted by atomic mass is 9.98. The van der Waals surface area contributed by atoms with Crippen LogP contribution in [0, 0.1) is 0 Å². The average molecular weight is 349 g/mol. The zero-order valence-electron chi connectivity index (χ0n) is 13.2. The van der Waals surface area contributed by atoms with Gasteiger partial charge in [0.05, 0.1) is 16.6 Å². The molecular formula is C19H15N3O2S. The highest BCUT2D eigenvalue weighted by molar-refractivity contribution is 7.12. The minimum atomic E-state index is -0.216. The van der Waals surface area contributed by atoms with E-state index in [0.29, 0.717) is 22.6 Å². The zero-order valence-corrected chi connectivity index (χ0v) is 14.1. The van der Waals surface area contributed by atoms with E-state index in [2.05, 4.69) is 10.1 Å². The van der Waals surface area contributed by atoms with Gasteiger partial charge in [-0.1, -0.05) is 18.2 Å². The minimum Gasteiger partial charge on any atom is -0.507 e. The van der Waals surface area contributed by atoms with Gasteiger partial charge in [0.25, 0.3) is 5.91 Å². The second kappa shape index (κ2) is 6.49. The van der Waals surface area contributed by atoms with Crippen molar-refractivity contribution in [3.8, 4) is 5.75 Å². The molecule has 2 aromatic heterocycles. The van der Waals surface area contributed by atoms with Crippen molar-refractivity contribution in [1.82, 2.24) is 9.99 Å². The molecule has 0 aliphatic carbocycles. The third-order valence-corrected chi connectivity index (χ3v) is 5.01.